The fourth-order valence-corrected chi connectivity index (χ4v) is 5.07. The van der Waals surface area contributed by atoms with E-state index in [9.17, 15) is 4.79 Å². The van der Waals surface area contributed by atoms with Crippen LogP contribution in [0, 0.1) is 0 Å². The highest BCUT2D eigenvalue weighted by Gasteiger charge is 2.38. The summed E-state index contributed by atoms with van der Waals surface area (Å²) in [6.07, 6.45) is 2.23. The zero-order valence-corrected chi connectivity index (χ0v) is 25.1. The molecule has 3 aromatic rings. The van der Waals surface area contributed by atoms with Crippen LogP contribution in [0.4, 0.5) is 10.5 Å². The number of nitrogens with one attached hydrogen (secondary N) is 1. The molecular formula is C33H45N3O4. The van der Waals surface area contributed by atoms with Gasteiger partial charge in [0.2, 0.25) is 0 Å². The van der Waals surface area contributed by atoms with Gasteiger partial charge < -0.3 is 29.3 Å². The first-order valence-corrected chi connectivity index (χ1v) is 13.8. The maximum Gasteiger partial charge on any atom is 0.407 e. The molecule has 0 aliphatic rings. The second-order valence-electron chi connectivity index (χ2n) is 10.8. The molecule has 216 valence electrons. The van der Waals surface area contributed by atoms with Gasteiger partial charge in [-0.15, -0.1) is 0 Å². The second-order valence-corrected chi connectivity index (χ2v) is 10.8. The van der Waals surface area contributed by atoms with Gasteiger partial charge in [0.05, 0.1) is 14.2 Å². The Morgan fingerprint density at radius 2 is 1.38 bits per heavy atom. The number of rotatable bonds is 14. The second kappa shape index (κ2) is 14.6. The summed E-state index contributed by atoms with van der Waals surface area (Å²) in [6, 6.07) is 24.3. The van der Waals surface area contributed by atoms with Gasteiger partial charge in [0.15, 0.2) is 0 Å². The van der Waals surface area contributed by atoms with Gasteiger partial charge in [-0.2, -0.15) is 0 Å². The maximum atomic E-state index is 13.5. The number of alkyl carbamates (subject to hydrolysis) is 1. The van der Waals surface area contributed by atoms with Gasteiger partial charge in [0, 0.05) is 51.6 Å². The molecule has 0 saturated carbocycles. The van der Waals surface area contributed by atoms with Gasteiger partial charge in [-0.05, 0) is 73.6 Å². The summed E-state index contributed by atoms with van der Waals surface area (Å²) in [7, 11) is 11.5. The van der Waals surface area contributed by atoms with Gasteiger partial charge in [-0.3, -0.25) is 0 Å². The average molecular weight is 548 g/mol. The first kappa shape index (κ1) is 30.8. The molecule has 0 aromatic heterocycles. The van der Waals surface area contributed by atoms with Crippen molar-refractivity contribution in [3.63, 3.8) is 0 Å². The summed E-state index contributed by atoms with van der Waals surface area (Å²) in [6.45, 7) is 2.55. The molecule has 7 heteroatoms. The molecule has 40 heavy (non-hydrogen) atoms. The minimum Gasteiger partial charge on any atom is -0.497 e. The maximum absolute atomic E-state index is 13.5. The highest BCUT2D eigenvalue weighted by atomic mass is 16.6. The average Bonchev–Trinajstić information content (AvgIpc) is 2.95. The molecular weight excluding hydrogens is 502 g/mol. The Labute approximate surface area is 240 Å². The van der Waals surface area contributed by atoms with E-state index in [-0.39, 0.29) is 6.04 Å². The zero-order chi connectivity index (χ0) is 29.1. The molecule has 0 aliphatic carbocycles. The van der Waals surface area contributed by atoms with E-state index in [1.165, 1.54) is 0 Å². The van der Waals surface area contributed by atoms with Crippen molar-refractivity contribution in [2.24, 2.45) is 0 Å². The van der Waals surface area contributed by atoms with Crippen LogP contribution in [0.2, 0.25) is 0 Å². The van der Waals surface area contributed by atoms with Crippen LogP contribution in [0.5, 0.6) is 11.5 Å². The third-order valence-corrected chi connectivity index (χ3v) is 7.33. The Balaban J connectivity index is 1.95. The van der Waals surface area contributed by atoms with Gasteiger partial charge in [0.25, 0.3) is 0 Å². The van der Waals surface area contributed by atoms with Crippen molar-refractivity contribution in [3.8, 4) is 11.5 Å². The largest absolute Gasteiger partial charge is 0.497 e. The molecule has 0 fully saturated rings. The summed E-state index contributed by atoms with van der Waals surface area (Å²) in [5, 5.41) is 3.00. The van der Waals surface area contributed by atoms with Gasteiger partial charge in [0.1, 0.15) is 17.1 Å². The van der Waals surface area contributed by atoms with Crippen LogP contribution >= 0.6 is 0 Å². The third-order valence-electron chi connectivity index (χ3n) is 7.33. The first-order chi connectivity index (χ1) is 19.2. The van der Waals surface area contributed by atoms with Crippen molar-refractivity contribution in [2.45, 2.75) is 50.8 Å². The van der Waals surface area contributed by atoms with Gasteiger partial charge in [-0.25, -0.2) is 4.79 Å². The van der Waals surface area contributed by atoms with E-state index >= 15 is 0 Å². The fourth-order valence-electron chi connectivity index (χ4n) is 5.07. The molecule has 0 heterocycles. The molecule has 7 nitrogen and oxygen atoms in total. The number of hydrogen-bond acceptors (Lipinski definition) is 6. The van der Waals surface area contributed by atoms with E-state index < -0.39 is 11.7 Å². The highest BCUT2D eigenvalue weighted by Crippen LogP contribution is 2.32. The molecule has 0 aliphatic heterocycles. The number of hydrogen-bond donors (Lipinski definition) is 1. The van der Waals surface area contributed by atoms with Crippen molar-refractivity contribution in [1.29, 1.82) is 0 Å². The monoisotopic (exact) mass is 547 g/mol. The number of benzene rings is 3. The van der Waals surface area contributed by atoms with E-state index in [1.807, 2.05) is 79.7 Å². The molecule has 0 bridgehead atoms. The quantitative estimate of drug-likeness (QED) is 0.269. The summed E-state index contributed by atoms with van der Waals surface area (Å²) in [4.78, 5) is 17.7. The first-order valence-electron chi connectivity index (χ1n) is 13.8. The Bertz CT molecular complexity index is 1160. The SMILES string of the molecule is CCC(CC(Cc1cccc(OC)c1)(Cc1cccc(OC)c1)OC(=O)NCc1ccc(N(C)C)cc1)N(C)C. The predicted octanol–water partition coefficient (Wildman–Crippen LogP) is 5.95. The zero-order valence-electron chi connectivity index (χ0n) is 25.1. The smallest absolute Gasteiger partial charge is 0.407 e. The minimum atomic E-state index is -0.817. The van der Waals surface area contributed by atoms with Gasteiger partial charge in [-0.1, -0.05) is 43.3 Å². The molecule has 1 N–H and O–H groups in total. The molecule has 1 unspecified atom stereocenters. The molecule has 3 aromatic carbocycles. The number of carbonyl (C=O) groups excluding carboxylic acids is 1. The van der Waals surface area contributed by atoms with Crippen LogP contribution < -0.4 is 19.7 Å². The van der Waals surface area contributed by atoms with Crippen molar-refractivity contribution in [2.75, 3.05) is 47.3 Å². The van der Waals surface area contributed by atoms with E-state index in [2.05, 4.69) is 43.4 Å². The van der Waals surface area contributed by atoms with E-state index in [1.54, 1.807) is 14.2 Å². The van der Waals surface area contributed by atoms with Crippen LogP contribution in [0.3, 0.4) is 0 Å². The van der Waals surface area contributed by atoms with E-state index in [0.29, 0.717) is 25.8 Å². The van der Waals surface area contributed by atoms with Crippen LogP contribution in [-0.4, -0.2) is 65.0 Å². The van der Waals surface area contributed by atoms with Crippen molar-refractivity contribution < 1.29 is 19.0 Å². The van der Waals surface area contributed by atoms with E-state index in [4.69, 9.17) is 14.2 Å². The molecule has 1 amide bonds. The van der Waals surface area contributed by atoms with Crippen LogP contribution in [0.25, 0.3) is 0 Å². The lowest BCUT2D eigenvalue weighted by Gasteiger charge is -2.38. The topological polar surface area (TPSA) is 63.3 Å². The van der Waals surface area contributed by atoms with Crippen LogP contribution in [0.15, 0.2) is 72.8 Å². The van der Waals surface area contributed by atoms with Gasteiger partial charge >= 0.3 is 6.09 Å². The fraction of sp³-hybridized carbons (Fsp3) is 0.424. The number of ether oxygens (including phenoxy) is 3. The summed E-state index contributed by atoms with van der Waals surface area (Å²) in [5.74, 6) is 1.55. The predicted molar refractivity (Wildman–Crippen MR) is 163 cm³/mol. The number of anilines is 1. The summed E-state index contributed by atoms with van der Waals surface area (Å²) in [5.41, 5.74) is 3.39. The van der Waals surface area contributed by atoms with Crippen molar-refractivity contribution in [3.05, 3.63) is 89.5 Å². The van der Waals surface area contributed by atoms with Crippen molar-refractivity contribution in [1.82, 2.24) is 10.2 Å². The molecule has 0 radical (unpaired) electrons. The molecule has 0 saturated heterocycles. The molecule has 3 rings (SSSR count). The Kier molecular flexibility index (Phi) is 11.3. The highest BCUT2D eigenvalue weighted by molar-refractivity contribution is 5.68. The molecule has 0 spiro atoms. The number of carbonyl (C=O) groups is 1. The lowest BCUT2D eigenvalue weighted by Crippen LogP contribution is -2.47. The van der Waals surface area contributed by atoms with Crippen LogP contribution in [0.1, 0.15) is 36.5 Å². The lowest BCUT2D eigenvalue weighted by molar-refractivity contribution is -0.0125. The lowest BCUT2D eigenvalue weighted by atomic mass is 9.81. The third kappa shape index (κ3) is 8.91. The minimum absolute atomic E-state index is 0.211. The Morgan fingerprint density at radius 1 is 0.825 bits per heavy atom. The Hall–Kier alpha value is -3.71. The molecule has 1 atom stereocenters. The normalized spacial score (nSPS) is 12.1. The van der Waals surface area contributed by atoms with Crippen molar-refractivity contribution >= 4 is 11.8 Å². The standard InChI is InChI=1S/C33H45N3O4/c1-8-28(35(2)3)23-33(21-26-11-9-13-30(19-26)38-6,22-27-12-10-14-31(20-27)39-7)40-32(37)34-24-25-15-17-29(18-16-25)36(4)5/h9-20,28H,8,21-24H2,1-7H3,(H,34,37). The number of amides is 1. The Morgan fingerprint density at radius 3 is 1.82 bits per heavy atom. The number of nitrogens with zero attached hydrogens (tertiary/aromatic N) is 2. The summed E-state index contributed by atoms with van der Waals surface area (Å²) < 4.78 is 17.5. The number of methoxy groups -OCH3 is 2. The summed E-state index contributed by atoms with van der Waals surface area (Å²) >= 11 is 0. The van der Waals surface area contributed by atoms with Crippen LogP contribution in [-0.2, 0) is 24.1 Å². The van der Waals surface area contributed by atoms with E-state index in [0.717, 1.165) is 40.3 Å².